The molecule has 2 fully saturated rings. The lowest BCUT2D eigenvalue weighted by atomic mass is 10.1. The molecule has 2 aliphatic rings. The molecule has 5 rings (SSSR count). The third kappa shape index (κ3) is 7.65. The summed E-state index contributed by atoms with van der Waals surface area (Å²) in [6.45, 7) is 11.2. The summed E-state index contributed by atoms with van der Waals surface area (Å²) in [5, 5.41) is 10.9. The Bertz CT molecular complexity index is 1400. The van der Waals surface area contributed by atoms with Gasteiger partial charge in [-0.1, -0.05) is 32.3 Å². The maximum Gasteiger partial charge on any atom is 0.326 e. The van der Waals surface area contributed by atoms with E-state index in [4.69, 9.17) is 28.7 Å². The van der Waals surface area contributed by atoms with E-state index < -0.39 is 30.3 Å². The van der Waals surface area contributed by atoms with Crippen molar-refractivity contribution >= 4 is 34.9 Å². The second kappa shape index (κ2) is 14.8. The molecule has 0 radical (unpaired) electrons. The van der Waals surface area contributed by atoms with Crippen LogP contribution in [0.15, 0.2) is 16.9 Å². The van der Waals surface area contributed by atoms with Crippen LogP contribution in [0.3, 0.4) is 0 Å². The van der Waals surface area contributed by atoms with Crippen LogP contribution in [0.4, 0.5) is 11.8 Å². The smallest absolute Gasteiger partial charge is 0.326 e. The summed E-state index contributed by atoms with van der Waals surface area (Å²) in [7, 11) is 0. The monoisotopic (exact) mass is 612 g/mol. The molecule has 0 unspecified atom stereocenters. The average molecular weight is 613 g/mol. The first-order valence-corrected chi connectivity index (χ1v) is 15.8. The van der Waals surface area contributed by atoms with Crippen LogP contribution in [0.25, 0.3) is 11.2 Å². The van der Waals surface area contributed by atoms with Crippen LogP contribution in [0.1, 0.15) is 77.4 Å². The Hall–Kier alpha value is -3.78. The molecular formula is C30H44N8O6. The lowest BCUT2D eigenvalue weighted by Gasteiger charge is -2.26. The first-order valence-electron chi connectivity index (χ1n) is 15.8. The molecule has 0 saturated carbocycles. The number of imidazole rings is 1. The van der Waals surface area contributed by atoms with E-state index in [-0.39, 0.29) is 19.2 Å². The summed E-state index contributed by atoms with van der Waals surface area (Å²) in [5.41, 5.74) is 1.83. The maximum atomic E-state index is 13.2. The molecule has 3 aromatic heterocycles. The average Bonchev–Trinajstić information content (AvgIpc) is 3.75. The topological polar surface area (TPSA) is 159 Å². The van der Waals surface area contributed by atoms with E-state index in [0.717, 1.165) is 38.2 Å². The van der Waals surface area contributed by atoms with Gasteiger partial charge in [-0.05, 0) is 45.2 Å². The van der Waals surface area contributed by atoms with E-state index in [1.807, 2.05) is 6.92 Å². The van der Waals surface area contributed by atoms with Crippen LogP contribution >= 0.6 is 0 Å². The van der Waals surface area contributed by atoms with Crippen LogP contribution in [-0.4, -0.2) is 92.5 Å². The number of anilines is 2. The lowest BCUT2D eigenvalue weighted by molar-refractivity contribution is -0.165. The molecule has 5 heterocycles. The number of aryl methyl sites for hydroxylation is 1. The molecule has 44 heavy (non-hydrogen) atoms. The third-order valence-corrected chi connectivity index (χ3v) is 8.16. The number of hydrogen-bond donors (Lipinski definition) is 2. The molecule has 0 amide bonds. The number of nitrogens with zero attached hydrogens (tertiary/aromatic N) is 6. The Kier molecular flexibility index (Phi) is 10.6. The van der Waals surface area contributed by atoms with Gasteiger partial charge >= 0.3 is 11.9 Å². The highest BCUT2D eigenvalue weighted by molar-refractivity contribution is 5.85. The van der Waals surface area contributed by atoms with Crippen LogP contribution < -0.4 is 10.6 Å². The fourth-order valence-electron chi connectivity index (χ4n) is 5.67. The molecule has 0 aliphatic carbocycles. The number of esters is 2. The van der Waals surface area contributed by atoms with Gasteiger partial charge in [0.1, 0.15) is 6.54 Å². The zero-order valence-electron chi connectivity index (χ0n) is 26.1. The van der Waals surface area contributed by atoms with Gasteiger partial charge in [0.15, 0.2) is 41.1 Å². The van der Waals surface area contributed by atoms with Crippen LogP contribution in [0, 0.1) is 0 Å². The van der Waals surface area contributed by atoms with Crippen LogP contribution in [0.2, 0.25) is 0 Å². The molecule has 240 valence electrons. The van der Waals surface area contributed by atoms with E-state index in [0.29, 0.717) is 41.7 Å². The highest BCUT2D eigenvalue weighted by atomic mass is 16.6. The summed E-state index contributed by atoms with van der Waals surface area (Å²) in [4.78, 5) is 41.6. The Morgan fingerprint density at radius 2 is 1.91 bits per heavy atom. The number of likely N-dealkylation sites (tertiary alicyclic amines) is 1. The largest absolute Gasteiger partial charge is 0.455 e. The summed E-state index contributed by atoms with van der Waals surface area (Å²) >= 11 is 0. The van der Waals surface area contributed by atoms with E-state index in [1.54, 1.807) is 17.0 Å². The van der Waals surface area contributed by atoms with Gasteiger partial charge in [0.25, 0.3) is 0 Å². The Morgan fingerprint density at radius 3 is 2.61 bits per heavy atom. The van der Waals surface area contributed by atoms with E-state index >= 15 is 0 Å². The van der Waals surface area contributed by atoms with Gasteiger partial charge in [-0.25, -0.2) is 4.98 Å². The van der Waals surface area contributed by atoms with Gasteiger partial charge in [-0.3, -0.25) is 9.59 Å². The zero-order chi connectivity index (χ0) is 31.1. The van der Waals surface area contributed by atoms with Crippen molar-refractivity contribution in [1.82, 2.24) is 29.6 Å². The number of carbonyl (C=O) groups excluding carboxylic acids is 2. The van der Waals surface area contributed by atoms with Gasteiger partial charge in [-0.2, -0.15) is 9.97 Å². The molecule has 14 nitrogen and oxygen atoms in total. The van der Waals surface area contributed by atoms with E-state index in [2.05, 4.69) is 39.5 Å². The molecule has 2 aliphatic heterocycles. The molecular weight excluding hydrogens is 568 g/mol. The molecule has 14 heteroatoms. The van der Waals surface area contributed by atoms with Crippen molar-refractivity contribution < 1.29 is 28.3 Å². The quantitative estimate of drug-likeness (QED) is 0.255. The van der Waals surface area contributed by atoms with Crippen LogP contribution in [-0.2, 0) is 36.8 Å². The summed E-state index contributed by atoms with van der Waals surface area (Å²) in [6.07, 6.45) is 5.42. The van der Waals surface area contributed by atoms with Crippen LogP contribution in [0.5, 0.6) is 0 Å². The SMILES string of the molecule is CCc1cc([C@H]2OC[C@@H](OC(=O)Cn3cnc4c(NC(CC)CC)nc(NCCN5CCCCC5)nc43)[C@H]2OC(C)=O)on1. The maximum absolute atomic E-state index is 13.2. The number of piperidine rings is 1. The Morgan fingerprint density at radius 1 is 1.11 bits per heavy atom. The summed E-state index contributed by atoms with van der Waals surface area (Å²) < 4.78 is 24.2. The number of nitrogens with one attached hydrogen (secondary N) is 2. The van der Waals surface area contributed by atoms with Crippen molar-refractivity contribution in [3.05, 3.63) is 23.8 Å². The van der Waals surface area contributed by atoms with Crippen molar-refractivity contribution in [2.75, 3.05) is 43.4 Å². The molecule has 0 bridgehead atoms. The molecule has 2 N–H and O–H groups in total. The number of ether oxygens (including phenoxy) is 3. The summed E-state index contributed by atoms with van der Waals surface area (Å²) in [6, 6.07) is 1.98. The molecule has 2 saturated heterocycles. The minimum absolute atomic E-state index is 0.0396. The third-order valence-electron chi connectivity index (χ3n) is 8.16. The highest BCUT2D eigenvalue weighted by Crippen LogP contribution is 2.34. The number of hydrogen-bond acceptors (Lipinski definition) is 13. The molecule has 3 atom stereocenters. The van der Waals surface area contributed by atoms with Gasteiger partial charge in [-0.15, -0.1) is 0 Å². The number of carbonyl (C=O) groups is 2. The predicted octanol–water partition coefficient (Wildman–Crippen LogP) is 3.49. The van der Waals surface area contributed by atoms with E-state index in [1.165, 1.54) is 26.2 Å². The molecule has 0 spiro atoms. The number of fused-ring (bicyclic) bond motifs is 1. The fourth-order valence-corrected chi connectivity index (χ4v) is 5.67. The minimum atomic E-state index is -0.873. The Balaban J connectivity index is 1.31. The van der Waals surface area contributed by atoms with Crippen molar-refractivity contribution in [2.24, 2.45) is 0 Å². The first-order chi connectivity index (χ1) is 21.4. The van der Waals surface area contributed by atoms with Crippen molar-refractivity contribution in [3.8, 4) is 0 Å². The second-order valence-corrected chi connectivity index (χ2v) is 11.4. The lowest BCUT2D eigenvalue weighted by Crippen LogP contribution is -2.35. The fraction of sp³-hybridized carbons (Fsp3) is 0.667. The standard InChI is InChI=1S/C30H44N8O6/c1-5-20(6-2)33-28-25-29(35-30(34-28)31-11-14-37-12-9-8-10-13-37)38(18-32-25)16-24(40)43-23-17-41-26(27(23)42-19(4)39)22-15-21(7-3)36-44-22/h15,18,20,23,26-27H,5-14,16-17H2,1-4H3,(H2,31,33,34,35)/t23-,26-,27-/m1/s1. The van der Waals surface area contributed by atoms with Crippen molar-refractivity contribution in [3.63, 3.8) is 0 Å². The van der Waals surface area contributed by atoms with E-state index in [9.17, 15) is 9.59 Å². The predicted molar refractivity (Wildman–Crippen MR) is 162 cm³/mol. The first kappa shape index (κ1) is 31.6. The summed E-state index contributed by atoms with van der Waals surface area (Å²) in [5.74, 6) is 0.448. The van der Waals surface area contributed by atoms with Gasteiger partial charge in [0.05, 0.1) is 18.6 Å². The number of aromatic nitrogens is 5. The minimum Gasteiger partial charge on any atom is -0.455 e. The highest BCUT2D eigenvalue weighted by Gasteiger charge is 2.45. The van der Waals surface area contributed by atoms with Crippen molar-refractivity contribution in [2.45, 2.75) is 97.1 Å². The Labute approximate surface area is 257 Å². The second-order valence-electron chi connectivity index (χ2n) is 11.4. The molecule has 3 aromatic rings. The van der Waals surface area contributed by atoms with Gasteiger partial charge < -0.3 is 38.8 Å². The van der Waals surface area contributed by atoms with Gasteiger partial charge in [0.2, 0.25) is 5.95 Å². The van der Waals surface area contributed by atoms with Crippen molar-refractivity contribution in [1.29, 1.82) is 0 Å². The van der Waals surface area contributed by atoms with Gasteiger partial charge in [0, 0.05) is 32.1 Å². The zero-order valence-corrected chi connectivity index (χ0v) is 26.1. The molecule has 0 aromatic carbocycles. The normalized spacial score (nSPS) is 20.7. The number of rotatable bonds is 14.